The fourth-order valence-corrected chi connectivity index (χ4v) is 3.41. The van der Waals surface area contributed by atoms with E-state index in [0.29, 0.717) is 0 Å². The van der Waals surface area contributed by atoms with E-state index in [2.05, 4.69) is 10.6 Å². The Balaban J connectivity index is 1.80. The number of aliphatic hydroxyl groups excluding tert-OH is 1. The molecular weight excluding hydrogens is 292 g/mol. The molecule has 0 aliphatic carbocycles. The third-order valence-corrected chi connectivity index (χ3v) is 4.67. The lowest BCUT2D eigenvalue weighted by Crippen LogP contribution is -2.39. The molecule has 20 heavy (non-hydrogen) atoms. The Hall–Kier alpha value is -1.37. The first-order chi connectivity index (χ1) is 9.70. The predicted molar refractivity (Wildman–Crippen MR) is 83.2 cm³/mol. The van der Waals surface area contributed by atoms with E-state index in [1.54, 1.807) is 11.3 Å². The van der Waals surface area contributed by atoms with Crippen LogP contribution in [0.1, 0.15) is 35.9 Å². The van der Waals surface area contributed by atoms with E-state index < -0.39 is 6.10 Å². The number of rotatable bonds is 6. The third kappa shape index (κ3) is 4.06. The van der Waals surface area contributed by atoms with E-state index in [1.165, 1.54) is 11.3 Å². The fourth-order valence-electron chi connectivity index (χ4n) is 1.85. The molecule has 0 saturated heterocycles. The second-order valence-corrected chi connectivity index (χ2v) is 6.16. The van der Waals surface area contributed by atoms with Crippen LogP contribution in [-0.4, -0.2) is 17.7 Å². The van der Waals surface area contributed by atoms with Gasteiger partial charge in [0.1, 0.15) is 0 Å². The van der Waals surface area contributed by atoms with Gasteiger partial charge in [-0.25, -0.2) is 4.79 Å². The monoisotopic (exact) mass is 310 g/mol. The maximum Gasteiger partial charge on any atom is 0.315 e. The normalized spacial score (nSPS) is 13.7. The molecule has 4 nitrogen and oxygen atoms in total. The first-order valence-corrected chi connectivity index (χ1v) is 8.31. The molecule has 2 amide bonds. The summed E-state index contributed by atoms with van der Waals surface area (Å²) in [5, 5.41) is 21.3. The summed E-state index contributed by atoms with van der Waals surface area (Å²) < 4.78 is 0. The second kappa shape index (κ2) is 7.42. The van der Waals surface area contributed by atoms with E-state index in [1.807, 2.05) is 41.3 Å². The zero-order chi connectivity index (χ0) is 14.4. The smallest absolute Gasteiger partial charge is 0.315 e. The number of thiophene rings is 2. The van der Waals surface area contributed by atoms with Crippen molar-refractivity contribution in [3.05, 3.63) is 44.8 Å². The Kier molecular flexibility index (Phi) is 5.58. The van der Waals surface area contributed by atoms with Crippen LogP contribution >= 0.6 is 22.7 Å². The van der Waals surface area contributed by atoms with Gasteiger partial charge in [0.2, 0.25) is 0 Å². The maximum absolute atomic E-state index is 11.9. The van der Waals surface area contributed by atoms with Crippen molar-refractivity contribution in [2.45, 2.75) is 25.5 Å². The molecule has 2 unspecified atom stereocenters. The Morgan fingerprint density at radius 3 is 2.85 bits per heavy atom. The van der Waals surface area contributed by atoms with Crippen molar-refractivity contribution in [2.75, 3.05) is 6.54 Å². The van der Waals surface area contributed by atoms with Gasteiger partial charge in [-0.15, -0.1) is 11.3 Å². The number of hydrogen-bond donors (Lipinski definition) is 3. The number of carbonyl (C=O) groups is 1. The van der Waals surface area contributed by atoms with Crippen molar-refractivity contribution in [2.24, 2.45) is 0 Å². The second-order valence-electron chi connectivity index (χ2n) is 4.40. The van der Waals surface area contributed by atoms with Gasteiger partial charge in [0.25, 0.3) is 0 Å². The highest BCUT2D eigenvalue weighted by Crippen LogP contribution is 2.21. The SMILES string of the molecule is CCC(NC(=O)NCC(O)c1ccsc1)c1cccs1. The largest absolute Gasteiger partial charge is 0.387 e. The van der Waals surface area contributed by atoms with Crippen LogP contribution in [0.25, 0.3) is 0 Å². The molecule has 0 fully saturated rings. The molecule has 0 aliphatic rings. The molecule has 6 heteroatoms. The summed E-state index contributed by atoms with van der Waals surface area (Å²) in [5.41, 5.74) is 0.834. The lowest BCUT2D eigenvalue weighted by Gasteiger charge is -2.17. The topological polar surface area (TPSA) is 61.4 Å². The summed E-state index contributed by atoms with van der Waals surface area (Å²) >= 11 is 3.16. The lowest BCUT2D eigenvalue weighted by atomic mass is 10.2. The molecule has 0 aliphatic heterocycles. The van der Waals surface area contributed by atoms with E-state index in [-0.39, 0.29) is 18.6 Å². The lowest BCUT2D eigenvalue weighted by molar-refractivity contribution is 0.173. The highest BCUT2D eigenvalue weighted by Gasteiger charge is 2.14. The molecule has 2 aromatic rings. The van der Waals surface area contributed by atoms with Gasteiger partial charge in [-0.3, -0.25) is 0 Å². The number of hydrogen-bond acceptors (Lipinski definition) is 4. The summed E-state index contributed by atoms with van der Waals surface area (Å²) in [6.45, 7) is 2.24. The van der Waals surface area contributed by atoms with Crippen LogP contribution in [0.15, 0.2) is 34.3 Å². The van der Waals surface area contributed by atoms with Gasteiger partial charge in [-0.1, -0.05) is 13.0 Å². The molecule has 2 atom stereocenters. The molecule has 3 N–H and O–H groups in total. The number of nitrogens with one attached hydrogen (secondary N) is 2. The van der Waals surface area contributed by atoms with Gasteiger partial charge in [0.05, 0.1) is 12.1 Å². The van der Waals surface area contributed by atoms with Gasteiger partial charge in [0.15, 0.2) is 0 Å². The van der Waals surface area contributed by atoms with Gasteiger partial charge in [-0.2, -0.15) is 11.3 Å². The molecule has 0 radical (unpaired) electrons. The molecule has 2 heterocycles. The first-order valence-electron chi connectivity index (χ1n) is 6.48. The standard InChI is InChI=1S/C14H18N2O2S2/c1-2-11(13-4-3-6-20-13)16-14(18)15-8-12(17)10-5-7-19-9-10/h3-7,9,11-12,17H,2,8H2,1H3,(H2,15,16,18). The van der Waals surface area contributed by atoms with Crippen molar-refractivity contribution in [3.63, 3.8) is 0 Å². The van der Waals surface area contributed by atoms with Crippen LogP contribution < -0.4 is 10.6 Å². The van der Waals surface area contributed by atoms with Crippen molar-refractivity contribution in [3.8, 4) is 0 Å². The number of urea groups is 1. The van der Waals surface area contributed by atoms with E-state index in [9.17, 15) is 9.90 Å². The Labute approximate surface area is 126 Å². The fraction of sp³-hybridized carbons (Fsp3) is 0.357. The molecule has 2 rings (SSSR count). The average Bonchev–Trinajstić information content (AvgIpc) is 3.14. The zero-order valence-corrected chi connectivity index (χ0v) is 12.8. The zero-order valence-electron chi connectivity index (χ0n) is 11.2. The minimum atomic E-state index is -0.659. The van der Waals surface area contributed by atoms with Crippen LogP contribution in [-0.2, 0) is 0 Å². The Morgan fingerprint density at radius 2 is 2.25 bits per heavy atom. The van der Waals surface area contributed by atoms with Crippen LogP contribution in [0.4, 0.5) is 4.79 Å². The molecule has 2 aromatic heterocycles. The first kappa shape index (κ1) is 15.0. The van der Waals surface area contributed by atoms with Crippen molar-refractivity contribution < 1.29 is 9.90 Å². The van der Waals surface area contributed by atoms with Crippen LogP contribution in [0.5, 0.6) is 0 Å². The van der Waals surface area contributed by atoms with Gasteiger partial charge in [0, 0.05) is 11.4 Å². The molecule has 0 spiro atoms. The van der Waals surface area contributed by atoms with Crippen LogP contribution in [0, 0.1) is 0 Å². The van der Waals surface area contributed by atoms with E-state index >= 15 is 0 Å². The van der Waals surface area contributed by atoms with Gasteiger partial charge in [-0.05, 0) is 40.3 Å². The van der Waals surface area contributed by atoms with Gasteiger partial charge >= 0.3 is 6.03 Å². The van der Waals surface area contributed by atoms with Crippen LogP contribution in [0.2, 0.25) is 0 Å². The number of amides is 2. The highest BCUT2D eigenvalue weighted by molar-refractivity contribution is 7.10. The molecule has 0 saturated carbocycles. The van der Waals surface area contributed by atoms with Gasteiger partial charge < -0.3 is 15.7 Å². The number of aliphatic hydroxyl groups is 1. The summed E-state index contributed by atoms with van der Waals surface area (Å²) in [4.78, 5) is 13.0. The minimum Gasteiger partial charge on any atom is -0.387 e. The summed E-state index contributed by atoms with van der Waals surface area (Å²) in [6, 6.07) is 5.62. The Bertz CT molecular complexity index is 511. The minimum absolute atomic E-state index is 0.0216. The van der Waals surface area contributed by atoms with Crippen molar-refractivity contribution in [1.82, 2.24) is 10.6 Å². The summed E-state index contributed by atoms with van der Waals surface area (Å²) in [7, 11) is 0. The van der Waals surface area contributed by atoms with E-state index in [0.717, 1.165) is 16.9 Å². The summed E-state index contributed by atoms with van der Waals surface area (Å²) in [5.74, 6) is 0. The molecular formula is C14H18N2O2S2. The Morgan fingerprint density at radius 1 is 1.40 bits per heavy atom. The van der Waals surface area contributed by atoms with Crippen LogP contribution in [0.3, 0.4) is 0 Å². The highest BCUT2D eigenvalue weighted by atomic mass is 32.1. The average molecular weight is 310 g/mol. The quantitative estimate of drug-likeness (QED) is 0.766. The van der Waals surface area contributed by atoms with E-state index in [4.69, 9.17) is 0 Å². The van der Waals surface area contributed by atoms with Crippen molar-refractivity contribution >= 4 is 28.7 Å². The third-order valence-electron chi connectivity index (χ3n) is 2.98. The predicted octanol–water partition coefficient (Wildman–Crippen LogP) is 3.29. The molecule has 0 bridgehead atoms. The summed E-state index contributed by atoms with van der Waals surface area (Å²) in [6.07, 6.45) is 0.176. The van der Waals surface area contributed by atoms with Crippen molar-refractivity contribution in [1.29, 1.82) is 0 Å². The molecule has 108 valence electrons. The molecule has 0 aromatic carbocycles. The number of carbonyl (C=O) groups excluding carboxylic acids is 1. The maximum atomic E-state index is 11.9.